The molecule has 2 aromatic carbocycles. The Morgan fingerprint density at radius 2 is 1.71 bits per heavy atom. The summed E-state index contributed by atoms with van der Waals surface area (Å²) in [6.07, 6.45) is -0.334. The molecule has 0 fully saturated rings. The summed E-state index contributed by atoms with van der Waals surface area (Å²) in [5.41, 5.74) is 1.93. The Morgan fingerprint density at radius 1 is 1.04 bits per heavy atom. The molecule has 0 bridgehead atoms. The van der Waals surface area contributed by atoms with E-state index in [1.165, 1.54) is 0 Å². The fourth-order valence-electron chi connectivity index (χ4n) is 2.58. The summed E-state index contributed by atoms with van der Waals surface area (Å²) in [7, 11) is -3.81. The Balaban J connectivity index is 1.73. The van der Waals surface area contributed by atoms with Gasteiger partial charge in [0, 0.05) is 6.92 Å². The molecular weight excluding hydrogens is 326 g/mol. The zero-order valence-corrected chi connectivity index (χ0v) is 14.4. The minimum absolute atomic E-state index is 0.0624. The van der Waals surface area contributed by atoms with E-state index in [0.717, 1.165) is 11.1 Å². The van der Waals surface area contributed by atoms with E-state index in [9.17, 15) is 8.42 Å². The van der Waals surface area contributed by atoms with Crippen LogP contribution in [0.3, 0.4) is 0 Å². The van der Waals surface area contributed by atoms with Gasteiger partial charge in [-0.3, -0.25) is 4.18 Å². The van der Waals surface area contributed by atoms with Gasteiger partial charge < -0.3 is 4.74 Å². The molecule has 5 nitrogen and oxygen atoms in total. The highest BCUT2D eigenvalue weighted by molar-refractivity contribution is 7.86. The van der Waals surface area contributed by atoms with E-state index in [-0.39, 0.29) is 17.6 Å². The predicted octanol–water partition coefficient (Wildman–Crippen LogP) is 3.26. The average Bonchev–Trinajstić information content (AvgIpc) is 2.95. The van der Waals surface area contributed by atoms with Gasteiger partial charge in [-0.05, 0) is 24.6 Å². The van der Waals surface area contributed by atoms with E-state index in [4.69, 9.17) is 8.92 Å². The molecule has 0 saturated heterocycles. The molecule has 0 amide bonds. The molecular formula is C18H19NO4S. The fraction of sp³-hybridized carbons (Fsp3) is 0.278. The lowest BCUT2D eigenvalue weighted by Gasteiger charge is -2.17. The molecule has 1 aliphatic rings. The molecule has 0 radical (unpaired) electrons. The molecule has 0 aromatic heterocycles. The standard InChI is InChI=1S/C18H19NO4S/c1-13-8-10-16(11-9-13)24(20,21)22-12-17-18(23-14(2)19-17)15-6-4-3-5-7-15/h3-11,17-18H,12H2,1-2H3/t17-,18-/m0/s1. The monoisotopic (exact) mass is 345 g/mol. The van der Waals surface area contributed by atoms with E-state index >= 15 is 0 Å². The smallest absolute Gasteiger partial charge is 0.297 e. The molecule has 126 valence electrons. The molecule has 0 N–H and O–H groups in total. The summed E-state index contributed by atoms with van der Waals surface area (Å²) in [4.78, 5) is 4.50. The van der Waals surface area contributed by atoms with Crippen LogP contribution in [0.4, 0.5) is 0 Å². The summed E-state index contributed by atoms with van der Waals surface area (Å²) < 4.78 is 35.6. The van der Waals surface area contributed by atoms with Crippen LogP contribution in [0.2, 0.25) is 0 Å². The van der Waals surface area contributed by atoms with Crippen molar-refractivity contribution in [3.05, 3.63) is 65.7 Å². The van der Waals surface area contributed by atoms with Crippen molar-refractivity contribution >= 4 is 16.0 Å². The van der Waals surface area contributed by atoms with Crippen LogP contribution < -0.4 is 0 Å². The molecule has 2 aromatic rings. The molecule has 0 aliphatic carbocycles. The molecule has 3 rings (SSSR count). The summed E-state index contributed by atoms with van der Waals surface area (Å²) in [5.74, 6) is 0.533. The van der Waals surface area contributed by atoms with Crippen LogP contribution in [0.25, 0.3) is 0 Å². The highest BCUT2D eigenvalue weighted by atomic mass is 32.2. The molecule has 0 spiro atoms. The second-order valence-electron chi connectivity index (χ2n) is 5.72. The van der Waals surface area contributed by atoms with Crippen LogP contribution in [0.5, 0.6) is 0 Å². The van der Waals surface area contributed by atoms with Crippen LogP contribution in [0.1, 0.15) is 24.2 Å². The number of hydrogen-bond acceptors (Lipinski definition) is 5. The Hall–Kier alpha value is -2.18. The maximum Gasteiger partial charge on any atom is 0.297 e. The van der Waals surface area contributed by atoms with Crippen molar-refractivity contribution in [3.8, 4) is 0 Å². The van der Waals surface area contributed by atoms with Gasteiger partial charge in [0.15, 0.2) is 5.90 Å². The summed E-state index contributed by atoms with van der Waals surface area (Å²) in [6.45, 7) is 3.59. The number of rotatable bonds is 5. The third-order valence-electron chi connectivity index (χ3n) is 3.83. The lowest BCUT2D eigenvalue weighted by molar-refractivity contribution is 0.161. The molecule has 0 unspecified atom stereocenters. The van der Waals surface area contributed by atoms with Gasteiger partial charge in [0.25, 0.3) is 10.1 Å². The third-order valence-corrected chi connectivity index (χ3v) is 5.12. The van der Waals surface area contributed by atoms with E-state index < -0.39 is 16.2 Å². The SMILES string of the molecule is CC1=N[C@@H](COS(=O)(=O)c2ccc(C)cc2)[C@H](c2ccccc2)O1. The maximum absolute atomic E-state index is 12.3. The minimum Gasteiger partial charge on any atom is -0.471 e. The first-order valence-electron chi connectivity index (χ1n) is 7.68. The normalized spacial score (nSPS) is 20.5. The lowest BCUT2D eigenvalue weighted by atomic mass is 10.0. The Kier molecular flexibility index (Phi) is 4.69. The van der Waals surface area contributed by atoms with Crippen LogP contribution in [-0.4, -0.2) is 27.0 Å². The van der Waals surface area contributed by atoms with Crippen LogP contribution in [0, 0.1) is 6.92 Å². The minimum atomic E-state index is -3.81. The topological polar surface area (TPSA) is 65.0 Å². The van der Waals surface area contributed by atoms with Gasteiger partial charge in [0.2, 0.25) is 0 Å². The van der Waals surface area contributed by atoms with Gasteiger partial charge in [0.05, 0.1) is 11.5 Å². The summed E-state index contributed by atoms with van der Waals surface area (Å²) >= 11 is 0. The Morgan fingerprint density at radius 3 is 2.38 bits per heavy atom. The van der Waals surface area contributed by atoms with Crippen molar-refractivity contribution in [2.75, 3.05) is 6.61 Å². The van der Waals surface area contributed by atoms with Crippen molar-refractivity contribution in [2.45, 2.75) is 30.9 Å². The molecule has 0 saturated carbocycles. The van der Waals surface area contributed by atoms with E-state index in [0.29, 0.717) is 5.90 Å². The fourth-order valence-corrected chi connectivity index (χ4v) is 3.51. The molecule has 2 atom stereocenters. The highest BCUT2D eigenvalue weighted by Crippen LogP contribution is 2.30. The number of ether oxygens (including phenoxy) is 1. The van der Waals surface area contributed by atoms with Crippen LogP contribution >= 0.6 is 0 Å². The second-order valence-corrected chi connectivity index (χ2v) is 7.33. The maximum atomic E-state index is 12.3. The van der Waals surface area contributed by atoms with Gasteiger partial charge in [-0.1, -0.05) is 48.0 Å². The molecule has 6 heteroatoms. The van der Waals surface area contributed by atoms with E-state index in [1.807, 2.05) is 37.3 Å². The van der Waals surface area contributed by atoms with Gasteiger partial charge >= 0.3 is 0 Å². The molecule has 24 heavy (non-hydrogen) atoms. The van der Waals surface area contributed by atoms with Crippen LogP contribution in [-0.2, 0) is 19.0 Å². The predicted molar refractivity (Wildman–Crippen MR) is 91.5 cm³/mol. The Bertz CT molecular complexity index is 829. The van der Waals surface area contributed by atoms with Gasteiger partial charge in [-0.2, -0.15) is 8.42 Å². The number of aryl methyl sites for hydroxylation is 1. The van der Waals surface area contributed by atoms with Crippen molar-refractivity contribution in [1.29, 1.82) is 0 Å². The number of aliphatic imine (C=N–C) groups is 1. The summed E-state index contributed by atoms with van der Waals surface area (Å²) in [6, 6.07) is 15.8. The van der Waals surface area contributed by atoms with Crippen LogP contribution in [0.15, 0.2) is 64.5 Å². The molecule has 1 aliphatic heterocycles. The van der Waals surface area contributed by atoms with Gasteiger partial charge in [0.1, 0.15) is 12.1 Å². The average molecular weight is 345 g/mol. The van der Waals surface area contributed by atoms with Crippen molar-refractivity contribution in [3.63, 3.8) is 0 Å². The first-order valence-corrected chi connectivity index (χ1v) is 9.08. The quantitative estimate of drug-likeness (QED) is 0.780. The molecule has 1 heterocycles. The second kappa shape index (κ2) is 6.75. The van der Waals surface area contributed by atoms with Crippen molar-refractivity contribution in [2.24, 2.45) is 4.99 Å². The lowest BCUT2D eigenvalue weighted by Crippen LogP contribution is -2.22. The number of hydrogen-bond donors (Lipinski definition) is 0. The van der Waals surface area contributed by atoms with Crippen molar-refractivity contribution in [1.82, 2.24) is 0 Å². The highest BCUT2D eigenvalue weighted by Gasteiger charge is 2.32. The Labute approximate surface area is 142 Å². The third kappa shape index (κ3) is 3.66. The number of nitrogens with zero attached hydrogens (tertiary/aromatic N) is 1. The number of benzene rings is 2. The first kappa shape index (κ1) is 16.7. The van der Waals surface area contributed by atoms with E-state index in [2.05, 4.69) is 4.99 Å². The zero-order valence-electron chi connectivity index (χ0n) is 13.5. The van der Waals surface area contributed by atoms with Crippen molar-refractivity contribution < 1.29 is 17.3 Å². The van der Waals surface area contributed by atoms with Gasteiger partial charge in [-0.15, -0.1) is 0 Å². The van der Waals surface area contributed by atoms with E-state index in [1.54, 1.807) is 31.2 Å². The largest absolute Gasteiger partial charge is 0.471 e. The first-order chi connectivity index (χ1) is 11.5. The van der Waals surface area contributed by atoms with Gasteiger partial charge in [-0.25, -0.2) is 4.99 Å². The zero-order chi connectivity index (χ0) is 17.2. The summed E-state index contributed by atoms with van der Waals surface area (Å²) in [5, 5.41) is 0.